The third-order valence-corrected chi connectivity index (χ3v) is 3.46. The van der Waals surface area contributed by atoms with Crippen LogP contribution in [0.2, 0.25) is 5.02 Å². The van der Waals surface area contributed by atoms with Gasteiger partial charge in [-0.3, -0.25) is 0 Å². The van der Waals surface area contributed by atoms with E-state index in [0.29, 0.717) is 0 Å². The van der Waals surface area contributed by atoms with E-state index in [9.17, 15) is 0 Å². The van der Waals surface area contributed by atoms with Gasteiger partial charge in [0.15, 0.2) is 0 Å². The van der Waals surface area contributed by atoms with E-state index in [4.69, 9.17) is 22.1 Å². The maximum absolute atomic E-state index is 6.47. The average Bonchev–Trinajstić information content (AvgIpc) is 2.41. The van der Waals surface area contributed by atoms with Crippen molar-refractivity contribution in [2.45, 2.75) is 18.9 Å². The maximum atomic E-state index is 6.47. The van der Waals surface area contributed by atoms with Crippen LogP contribution in [0.1, 0.15) is 18.1 Å². The van der Waals surface area contributed by atoms with Gasteiger partial charge in [0.25, 0.3) is 0 Å². The van der Waals surface area contributed by atoms with Crippen molar-refractivity contribution in [3.05, 3.63) is 64.7 Å². The van der Waals surface area contributed by atoms with Crippen molar-refractivity contribution in [3.8, 4) is 5.75 Å². The van der Waals surface area contributed by atoms with Crippen LogP contribution in [0.15, 0.2) is 48.5 Å². The van der Waals surface area contributed by atoms with Gasteiger partial charge in [0.1, 0.15) is 5.75 Å². The van der Waals surface area contributed by atoms with Crippen molar-refractivity contribution in [3.63, 3.8) is 0 Å². The molecule has 0 saturated carbocycles. The summed E-state index contributed by atoms with van der Waals surface area (Å²) in [5.41, 5.74) is 8.15. The molecule has 0 spiro atoms. The van der Waals surface area contributed by atoms with Gasteiger partial charge in [-0.15, -0.1) is 0 Å². The molecule has 0 aliphatic heterocycles. The Hall–Kier alpha value is -1.51. The summed E-state index contributed by atoms with van der Waals surface area (Å²) in [4.78, 5) is 0. The molecule has 19 heavy (non-hydrogen) atoms. The zero-order chi connectivity index (χ0) is 13.9. The van der Waals surface area contributed by atoms with Crippen LogP contribution in [0.5, 0.6) is 5.75 Å². The molecule has 0 fully saturated rings. The monoisotopic (exact) mass is 275 g/mol. The lowest BCUT2D eigenvalue weighted by atomic mass is 9.86. The minimum atomic E-state index is -0.486. The van der Waals surface area contributed by atoms with Crippen LogP contribution in [-0.4, -0.2) is 7.11 Å². The number of halogens is 1. The topological polar surface area (TPSA) is 35.2 Å². The minimum Gasteiger partial charge on any atom is -0.496 e. The Kier molecular flexibility index (Phi) is 4.13. The summed E-state index contributed by atoms with van der Waals surface area (Å²) in [6.45, 7) is 2.01. The molecule has 1 unspecified atom stereocenters. The van der Waals surface area contributed by atoms with Gasteiger partial charge in [-0.25, -0.2) is 0 Å². The van der Waals surface area contributed by atoms with Gasteiger partial charge < -0.3 is 10.5 Å². The highest BCUT2D eigenvalue weighted by Crippen LogP contribution is 2.30. The number of rotatable bonds is 4. The van der Waals surface area contributed by atoms with E-state index in [-0.39, 0.29) is 0 Å². The summed E-state index contributed by atoms with van der Waals surface area (Å²) in [5, 5.41) is 0.736. The first-order valence-electron chi connectivity index (χ1n) is 6.20. The standard InChI is InChI=1S/C16H18ClNO/c1-16(18,11-12-7-9-13(17)10-8-12)14-5-3-4-6-15(14)19-2/h3-10H,11,18H2,1-2H3. The number of hydrogen-bond donors (Lipinski definition) is 1. The number of benzene rings is 2. The Balaban J connectivity index is 2.29. The van der Waals surface area contributed by atoms with Crippen LogP contribution in [-0.2, 0) is 12.0 Å². The zero-order valence-electron chi connectivity index (χ0n) is 11.2. The van der Waals surface area contributed by atoms with Gasteiger partial charge in [-0.2, -0.15) is 0 Å². The summed E-state index contributed by atoms with van der Waals surface area (Å²) in [5.74, 6) is 0.821. The van der Waals surface area contributed by atoms with Gasteiger partial charge in [0, 0.05) is 16.1 Å². The van der Waals surface area contributed by atoms with E-state index in [2.05, 4.69) is 0 Å². The molecule has 0 aliphatic rings. The molecule has 0 amide bonds. The second kappa shape index (κ2) is 5.64. The predicted octanol–water partition coefficient (Wildman–Crippen LogP) is 3.77. The summed E-state index contributed by atoms with van der Waals surface area (Å²) in [6, 6.07) is 15.6. The van der Waals surface area contributed by atoms with Crippen LogP contribution < -0.4 is 10.5 Å². The molecule has 0 aliphatic carbocycles. The number of hydrogen-bond acceptors (Lipinski definition) is 2. The summed E-state index contributed by atoms with van der Waals surface area (Å²) < 4.78 is 5.39. The molecule has 2 aromatic rings. The van der Waals surface area contributed by atoms with Gasteiger partial charge in [-0.05, 0) is 37.1 Å². The van der Waals surface area contributed by atoms with Crippen molar-refractivity contribution >= 4 is 11.6 Å². The van der Waals surface area contributed by atoms with E-state index in [1.54, 1.807) is 7.11 Å². The zero-order valence-corrected chi connectivity index (χ0v) is 11.9. The smallest absolute Gasteiger partial charge is 0.123 e. The molecule has 0 saturated heterocycles. The van der Waals surface area contributed by atoms with E-state index in [1.165, 1.54) is 0 Å². The predicted molar refractivity (Wildman–Crippen MR) is 79.7 cm³/mol. The molecular formula is C16H18ClNO. The lowest BCUT2D eigenvalue weighted by Gasteiger charge is -2.27. The molecule has 3 heteroatoms. The van der Waals surface area contributed by atoms with E-state index in [0.717, 1.165) is 28.3 Å². The first-order valence-corrected chi connectivity index (χ1v) is 6.57. The van der Waals surface area contributed by atoms with Crippen molar-refractivity contribution in [2.24, 2.45) is 5.73 Å². The highest BCUT2D eigenvalue weighted by Gasteiger charge is 2.25. The number of para-hydroxylation sites is 1. The molecule has 2 aromatic carbocycles. The minimum absolute atomic E-state index is 0.486. The first-order chi connectivity index (χ1) is 9.03. The molecule has 100 valence electrons. The van der Waals surface area contributed by atoms with Gasteiger partial charge in [0.05, 0.1) is 7.11 Å². The van der Waals surface area contributed by atoms with E-state index in [1.807, 2.05) is 55.5 Å². The van der Waals surface area contributed by atoms with Crippen LogP contribution >= 0.6 is 11.6 Å². The highest BCUT2D eigenvalue weighted by molar-refractivity contribution is 6.30. The Morgan fingerprint density at radius 2 is 1.74 bits per heavy atom. The number of nitrogens with two attached hydrogens (primary N) is 1. The van der Waals surface area contributed by atoms with Crippen molar-refractivity contribution < 1.29 is 4.74 Å². The maximum Gasteiger partial charge on any atom is 0.123 e. The largest absolute Gasteiger partial charge is 0.496 e. The second-order valence-electron chi connectivity index (χ2n) is 4.92. The lowest BCUT2D eigenvalue weighted by Crippen LogP contribution is -2.35. The van der Waals surface area contributed by atoms with E-state index < -0.39 is 5.54 Å². The number of ether oxygens (including phenoxy) is 1. The molecule has 2 nitrogen and oxygen atoms in total. The molecular weight excluding hydrogens is 258 g/mol. The van der Waals surface area contributed by atoms with Gasteiger partial charge >= 0.3 is 0 Å². The third kappa shape index (κ3) is 3.28. The van der Waals surface area contributed by atoms with Crippen molar-refractivity contribution in [2.75, 3.05) is 7.11 Å². The summed E-state index contributed by atoms with van der Waals surface area (Å²) >= 11 is 5.90. The molecule has 0 bridgehead atoms. The fourth-order valence-corrected chi connectivity index (χ4v) is 2.36. The fourth-order valence-electron chi connectivity index (χ4n) is 2.24. The van der Waals surface area contributed by atoms with Crippen molar-refractivity contribution in [1.82, 2.24) is 0 Å². The van der Waals surface area contributed by atoms with Gasteiger partial charge in [0.2, 0.25) is 0 Å². The second-order valence-corrected chi connectivity index (χ2v) is 5.36. The highest BCUT2D eigenvalue weighted by atomic mass is 35.5. The fraction of sp³-hybridized carbons (Fsp3) is 0.250. The molecule has 2 N–H and O–H groups in total. The Morgan fingerprint density at radius 1 is 1.11 bits per heavy atom. The van der Waals surface area contributed by atoms with Crippen LogP contribution in [0.25, 0.3) is 0 Å². The Labute approximate surface area is 119 Å². The number of methoxy groups -OCH3 is 1. The quantitative estimate of drug-likeness (QED) is 0.922. The van der Waals surface area contributed by atoms with Gasteiger partial charge in [-0.1, -0.05) is 41.9 Å². The Bertz CT molecular complexity index is 549. The molecule has 1 atom stereocenters. The normalized spacial score (nSPS) is 13.9. The van der Waals surface area contributed by atoms with E-state index >= 15 is 0 Å². The van der Waals surface area contributed by atoms with Crippen LogP contribution in [0, 0.1) is 0 Å². The first kappa shape index (κ1) is 13.9. The molecule has 2 rings (SSSR count). The van der Waals surface area contributed by atoms with Crippen LogP contribution in [0.3, 0.4) is 0 Å². The average molecular weight is 276 g/mol. The van der Waals surface area contributed by atoms with Crippen molar-refractivity contribution in [1.29, 1.82) is 0 Å². The SMILES string of the molecule is COc1ccccc1C(C)(N)Cc1ccc(Cl)cc1. The van der Waals surface area contributed by atoms with Crippen LogP contribution in [0.4, 0.5) is 0 Å². The molecule has 0 radical (unpaired) electrons. The lowest BCUT2D eigenvalue weighted by molar-refractivity contribution is 0.386. The molecule has 0 aromatic heterocycles. The molecule has 0 heterocycles. The summed E-state index contributed by atoms with van der Waals surface area (Å²) in [7, 11) is 1.66. The summed E-state index contributed by atoms with van der Waals surface area (Å²) in [6.07, 6.45) is 0.727. The third-order valence-electron chi connectivity index (χ3n) is 3.21. The Morgan fingerprint density at radius 3 is 2.37 bits per heavy atom.